The number of para-hydroxylation sites is 1. The third-order valence-corrected chi connectivity index (χ3v) is 5.85. The average molecular weight is 392 g/mol. The maximum atomic E-state index is 12.9. The minimum atomic E-state index is -1.44. The summed E-state index contributed by atoms with van der Waals surface area (Å²) in [7, 11) is 0. The second kappa shape index (κ2) is 5.94. The van der Waals surface area contributed by atoms with Gasteiger partial charge in [-0.1, -0.05) is 47.5 Å². The summed E-state index contributed by atoms with van der Waals surface area (Å²) >= 11 is 12.3. The van der Waals surface area contributed by atoms with Crippen molar-refractivity contribution in [3.05, 3.63) is 73.8 Å². The zero-order chi connectivity index (χ0) is 18.6. The lowest BCUT2D eigenvalue weighted by atomic mass is 9.78. The van der Waals surface area contributed by atoms with Gasteiger partial charge in [-0.05, 0) is 30.7 Å². The number of hydrogen-bond acceptors (Lipinski definition) is 4. The highest BCUT2D eigenvalue weighted by atomic mass is 35.5. The molecule has 0 aromatic heterocycles. The second-order valence-corrected chi connectivity index (χ2v) is 7.51. The first kappa shape index (κ1) is 17.3. The van der Waals surface area contributed by atoms with Crippen LogP contribution in [0.2, 0.25) is 10.0 Å². The first-order valence-corrected chi connectivity index (χ1v) is 8.89. The maximum absolute atomic E-state index is 12.9. The van der Waals surface area contributed by atoms with E-state index in [1.807, 2.05) is 6.92 Å². The molecule has 1 saturated heterocycles. The fourth-order valence-corrected chi connectivity index (χ4v) is 4.83. The number of nitrogens with zero attached hydrogens (tertiary/aromatic N) is 1. The number of fused-ring (bicyclic) bond motifs is 2. The van der Waals surface area contributed by atoms with E-state index in [-0.39, 0.29) is 11.0 Å². The summed E-state index contributed by atoms with van der Waals surface area (Å²) in [6.07, 6.45) is 0. The highest BCUT2D eigenvalue weighted by Crippen LogP contribution is 2.50. The molecule has 2 aromatic carbocycles. The van der Waals surface area contributed by atoms with E-state index in [2.05, 4.69) is 10.6 Å². The molecule has 4 atom stereocenters. The summed E-state index contributed by atoms with van der Waals surface area (Å²) in [5.74, 6) is -1.01. The van der Waals surface area contributed by atoms with E-state index in [1.54, 1.807) is 42.5 Å². The van der Waals surface area contributed by atoms with Gasteiger partial charge in [0.15, 0.2) is 5.54 Å². The Morgan fingerprint density at radius 1 is 1.19 bits per heavy atom. The summed E-state index contributed by atoms with van der Waals surface area (Å²) in [5, 5.41) is 18.9. The lowest BCUT2D eigenvalue weighted by Gasteiger charge is -2.25. The van der Waals surface area contributed by atoms with Crippen LogP contribution in [0.25, 0.3) is 0 Å². The minimum absolute atomic E-state index is 0.346. The highest BCUT2D eigenvalue weighted by Gasteiger charge is 2.67. The van der Waals surface area contributed by atoms with Gasteiger partial charge in [0.05, 0.1) is 5.92 Å². The molecule has 1 amide bonds. The van der Waals surface area contributed by atoms with Gasteiger partial charge in [-0.2, -0.15) is 0 Å². The molecule has 0 radical (unpaired) electrons. The molecule has 2 N–H and O–H groups in total. The van der Waals surface area contributed by atoms with Crippen LogP contribution in [0.5, 0.6) is 0 Å². The molecule has 2 heterocycles. The van der Waals surface area contributed by atoms with Crippen molar-refractivity contribution in [2.75, 3.05) is 5.32 Å². The van der Waals surface area contributed by atoms with Gasteiger partial charge in [-0.15, -0.1) is 0 Å². The summed E-state index contributed by atoms with van der Waals surface area (Å²) in [6.45, 7) is 1.83. The number of benzene rings is 2. The van der Waals surface area contributed by atoms with Crippen molar-refractivity contribution in [3.63, 3.8) is 0 Å². The first-order chi connectivity index (χ1) is 12.4. The van der Waals surface area contributed by atoms with Gasteiger partial charge in [0.25, 0.3) is 11.9 Å². The second-order valence-electron chi connectivity index (χ2n) is 6.66. The third-order valence-electron chi connectivity index (χ3n) is 5.28. The van der Waals surface area contributed by atoms with Crippen LogP contribution in [-0.2, 0) is 10.3 Å². The monoisotopic (exact) mass is 391 g/mol. The van der Waals surface area contributed by atoms with Crippen molar-refractivity contribution in [1.29, 1.82) is 0 Å². The Morgan fingerprint density at radius 2 is 1.92 bits per heavy atom. The van der Waals surface area contributed by atoms with Crippen LogP contribution in [0.15, 0.2) is 42.5 Å². The molecular weight excluding hydrogens is 377 g/mol. The number of rotatable bonds is 2. The minimum Gasteiger partial charge on any atom is -0.324 e. The van der Waals surface area contributed by atoms with Crippen LogP contribution in [0.1, 0.15) is 24.0 Å². The van der Waals surface area contributed by atoms with Gasteiger partial charge in [-0.3, -0.25) is 20.2 Å². The van der Waals surface area contributed by atoms with E-state index in [0.29, 0.717) is 26.9 Å². The standard InChI is InChI=1S/C18H15Cl2N3O3/c1-9-15(11-7-6-10(19)8-13(11)20)16(23(25)26)18(22-9)12-4-2-3-5-14(12)21-17(18)24/h2-9,15-16,22H,1H3,(H,21,24)/t9-,15-,16+,18-/m0/s1. The smallest absolute Gasteiger partial charge is 0.256 e. The Labute approximate surface area is 159 Å². The van der Waals surface area contributed by atoms with Gasteiger partial charge in [0.2, 0.25) is 0 Å². The molecule has 6 nitrogen and oxygen atoms in total. The van der Waals surface area contributed by atoms with E-state index in [4.69, 9.17) is 23.2 Å². The molecule has 0 bridgehead atoms. The fourth-order valence-electron chi connectivity index (χ4n) is 4.29. The summed E-state index contributed by atoms with van der Waals surface area (Å²) < 4.78 is 0. The highest BCUT2D eigenvalue weighted by molar-refractivity contribution is 6.35. The van der Waals surface area contributed by atoms with E-state index < -0.39 is 23.4 Å². The van der Waals surface area contributed by atoms with E-state index in [1.165, 1.54) is 0 Å². The number of halogens is 2. The van der Waals surface area contributed by atoms with Crippen LogP contribution < -0.4 is 10.6 Å². The molecule has 2 aromatic rings. The van der Waals surface area contributed by atoms with E-state index in [9.17, 15) is 14.9 Å². The zero-order valence-electron chi connectivity index (χ0n) is 13.7. The number of anilines is 1. The molecular formula is C18H15Cl2N3O3. The Bertz CT molecular complexity index is 936. The molecule has 0 saturated carbocycles. The normalized spacial score (nSPS) is 29.7. The third kappa shape index (κ3) is 2.26. The summed E-state index contributed by atoms with van der Waals surface area (Å²) in [5.41, 5.74) is 0.345. The lowest BCUT2D eigenvalue weighted by Crippen LogP contribution is -2.54. The molecule has 0 unspecified atom stereocenters. The van der Waals surface area contributed by atoms with Gasteiger partial charge < -0.3 is 5.32 Å². The average Bonchev–Trinajstić information content (AvgIpc) is 3.03. The predicted molar refractivity (Wildman–Crippen MR) is 99.3 cm³/mol. The molecule has 2 aliphatic heterocycles. The van der Waals surface area contributed by atoms with Gasteiger partial charge in [0.1, 0.15) is 0 Å². The summed E-state index contributed by atoms with van der Waals surface area (Å²) in [4.78, 5) is 24.7. The van der Waals surface area contributed by atoms with Crippen molar-refractivity contribution >= 4 is 34.8 Å². The summed E-state index contributed by atoms with van der Waals surface area (Å²) in [6, 6.07) is 10.4. The first-order valence-electron chi connectivity index (χ1n) is 8.13. The Hall–Kier alpha value is -2.15. The van der Waals surface area contributed by atoms with Crippen molar-refractivity contribution in [1.82, 2.24) is 5.32 Å². The SMILES string of the molecule is C[C@@H]1N[C@]2(C(=O)Nc3ccccc32)[C@H]([N+](=O)[O-])[C@@H]1c1ccc(Cl)cc1Cl. The number of nitrogens with one attached hydrogen (secondary N) is 2. The topological polar surface area (TPSA) is 84.3 Å². The molecule has 0 aliphatic carbocycles. The van der Waals surface area contributed by atoms with Crippen molar-refractivity contribution in [2.24, 2.45) is 0 Å². The Balaban J connectivity index is 1.92. The van der Waals surface area contributed by atoms with Crippen molar-refractivity contribution in [3.8, 4) is 0 Å². The molecule has 1 fully saturated rings. The van der Waals surface area contributed by atoms with Crippen LogP contribution in [0, 0.1) is 10.1 Å². The molecule has 2 aliphatic rings. The lowest BCUT2D eigenvalue weighted by molar-refractivity contribution is -0.532. The number of amides is 1. The van der Waals surface area contributed by atoms with E-state index in [0.717, 1.165) is 0 Å². The molecule has 26 heavy (non-hydrogen) atoms. The van der Waals surface area contributed by atoms with Gasteiger partial charge >= 0.3 is 0 Å². The van der Waals surface area contributed by atoms with Crippen molar-refractivity contribution in [2.45, 2.75) is 30.5 Å². The van der Waals surface area contributed by atoms with Crippen LogP contribution in [0.4, 0.5) is 5.69 Å². The molecule has 134 valence electrons. The predicted octanol–water partition coefficient (Wildman–Crippen LogP) is 3.56. The van der Waals surface area contributed by atoms with Crippen LogP contribution in [-0.4, -0.2) is 22.9 Å². The zero-order valence-corrected chi connectivity index (χ0v) is 15.2. The van der Waals surface area contributed by atoms with Crippen LogP contribution in [0.3, 0.4) is 0 Å². The largest absolute Gasteiger partial charge is 0.324 e. The quantitative estimate of drug-likeness (QED) is 0.605. The molecule has 4 rings (SSSR count). The van der Waals surface area contributed by atoms with Crippen molar-refractivity contribution < 1.29 is 9.72 Å². The number of hydrogen-bond donors (Lipinski definition) is 2. The Kier molecular flexibility index (Phi) is 3.95. The molecule has 1 spiro atoms. The maximum Gasteiger partial charge on any atom is 0.256 e. The Morgan fingerprint density at radius 3 is 2.62 bits per heavy atom. The van der Waals surface area contributed by atoms with Crippen LogP contribution >= 0.6 is 23.2 Å². The number of carbonyl (C=O) groups is 1. The fraction of sp³-hybridized carbons (Fsp3) is 0.278. The number of carbonyl (C=O) groups excluding carboxylic acids is 1. The number of nitro groups is 1. The van der Waals surface area contributed by atoms with Gasteiger partial charge in [0, 0.05) is 32.3 Å². The molecule has 8 heteroatoms. The van der Waals surface area contributed by atoms with E-state index >= 15 is 0 Å². The van der Waals surface area contributed by atoms with Gasteiger partial charge in [-0.25, -0.2) is 0 Å².